The molecule has 1 aromatic heterocycles. The summed E-state index contributed by atoms with van der Waals surface area (Å²) in [6.07, 6.45) is 0. The van der Waals surface area contributed by atoms with Crippen molar-refractivity contribution in [3.63, 3.8) is 0 Å². The van der Waals surface area contributed by atoms with E-state index in [-0.39, 0.29) is 0 Å². The van der Waals surface area contributed by atoms with Crippen molar-refractivity contribution >= 4 is 37.5 Å². The highest BCUT2D eigenvalue weighted by Gasteiger charge is 2.14. The number of anilines is 1. The molecule has 0 saturated carbocycles. The summed E-state index contributed by atoms with van der Waals surface area (Å²) in [5.74, 6) is 0.724. The van der Waals surface area contributed by atoms with E-state index in [1.807, 2.05) is 30.7 Å². The van der Waals surface area contributed by atoms with Crippen molar-refractivity contribution in [3.8, 4) is 5.75 Å². The van der Waals surface area contributed by atoms with Gasteiger partial charge in [-0.3, -0.25) is 4.68 Å². The van der Waals surface area contributed by atoms with Crippen molar-refractivity contribution < 1.29 is 4.74 Å². The van der Waals surface area contributed by atoms with Crippen LogP contribution in [0.4, 0.5) is 5.69 Å². The van der Waals surface area contributed by atoms with E-state index in [1.54, 1.807) is 0 Å². The monoisotopic (exact) mass is 401 g/mol. The van der Waals surface area contributed by atoms with Crippen LogP contribution in [0.2, 0.25) is 0 Å². The first-order valence-corrected chi connectivity index (χ1v) is 7.92. The maximum absolute atomic E-state index is 6.01. The Morgan fingerprint density at radius 3 is 2.60 bits per heavy atom. The average Bonchev–Trinajstić information content (AvgIpc) is 2.64. The normalized spacial score (nSPS) is 10.8. The van der Waals surface area contributed by atoms with Gasteiger partial charge in [0.1, 0.15) is 12.4 Å². The van der Waals surface area contributed by atoms with Gasteiger partial charge in [-0.25, -0.2) is 0 Å². The molecule has 6 heteroatoms. The molecule has 0 aliphatic carbocycles. The molecule has 20 heavy (non-hydrogen) atoms. The van der Waals surface area contributed by atoms with Crippen LogP contribution >= 0.6 is 31.9 Å². The fourth-order valence-corrected chi connectivity index (χ4v) is 3.09. The van der Waals surface area contributed by atoms with E-state index in [0.29, 0.717) is 12.3 Å². The van der Waals surface area contributed by atoms with Gasteiger partial charge in [0, 0.05) is 11.0 Å². The van der Waals surface area contributed by atoms with Gasteiger partial charge in [-0.1, -0.05) is 15.9 Å². The number of aryl methyl sites for hydroxylation is 3. The first-order chi connectivity index (χ1) is 9.43. The fraction of sp³-hybridized carbons (Fsp3) is 0.357. The Morgan fingerprint density at radius 1 is 1.30 bits per heavy atom. The molecule has 0 fully saturated rings. The number of aromatic nitrogens is 2. The summed E-state index contributed by atoms with van der Waals surface area (Å²) in [7, 11) is 0. The summed E-state index contributed by atoms with van der Waals surface area (Å²) < 4.78 is 9.79. The van der Waals surface area contributed by atoms with Crippen molar-refractivity contribution in [1.82, 2.24) is 9.78 Å². The first kappa shape index (κ1) is 15.4. The third-order valence-corrected chi connectivity index (χ3v) is 4.56. The molecule has 2 rings (SSSR count). The highest BCUT2D eigenvalue weighted by Crippen LogP contribution is 2.31. The number of halogens is 2. The van der Waals surface area contributed by atoms with Crippen LogP contribution in [0, 0.1) is 13.8 Å². The lowest BCUT2D eigenvalue weighted by Crippen LogP contribution is -2.08. The van der Waals surface area contributed by atoms with Crippen LogP contribution in [0.15, 0.2) is 21.1 Å². The van der Waals surface area contributed by atoms with E-state index in [1.165, 1.54) is 0 Å². The number of hydrogen-bond acceptors (Lipinski definition) is 3. The molecule has 108 valence electrons. The van der Waals surface area contributed by atoms with Gasteiger partial charge in [-0.05, 0) is 54.4 Å². The van der Waals surface area contributed by atoms with E-state index in [2.05, 4.69) is 43.9 Å². The Hall–Kier alpha value is -1.01. The van der Waals surface area contributed by atoms with Crippen LogP contribution in [0.25, 0.3) is 0 Å². The van der Waals surface area contributed by atoms with E-state index in [9.17, 15) is 0 Å². The number of nitrogens with zero attached hydrogens (tertiary/aromatic N) is 2. The van der Waals surface area contributed by atoms with Gasteiger partial charge < -0.3 is 10.5 Å². The van der Waals surface area contributed by atoms with Crippen LogP contribution in [0.3, 0.4) is 0 Å². The third kappa shape index (κ3) is 3.01. The Bertz CT molecular complexity index is 615. The maximum atomic E-state index is 6.01. The smallest absolute Gasteiger partial charge is 0.145 e. The number of nitrogen functional groups attached to an aromatic ring is 1. The molecular weight excluding hydrogens is 386 g/mol. The molecule has 0 spiro atoms. The zero-order chi connectivity index (χ0) is 14.9. The Morgan fingerprint density at radius 2 is 2.00 bits per heavy atom. The largest absolute Gasteiger partial charge is 0.485 e. The second-order valence-corrected chi connectivity index (χ2v) is 6.30. The highest BCUT2D eigenvalue weighted by molar-refractivity contribution is 9.10. The lowest BCUT2D eigenvalue weighted by atomic mass is 10.2. The van der Waals surface area contributed by atoms with Gasteiger partial charge in [-0.2, -0.15) is 5.10 Å². The number of hydrogen-bond donors (Lipinski definition) is 1. The quantitative estimate of drug-likeness (QED) is 0.779. The molecule has 0 aliphatic heterocycles. The van der Waals surface area contributed by atoms with Gasteiger partial charge >= 0.3 is 0 Å². The van der Waals surface area contributed by atoms with Crippen LogP contribution in [0.5, 0.6) is 5.75 Å². The van der Waals surface area contributed by atoms with E-state index < -0.39 is 0 Å². The van der Waals surface area contributed by atoms with Gasteiger partial charge in [0.25, 0.3) is 0 Å². The highest BCUT2D eigenvalue weighted by atomic mass is 79.9. The predicted molar refractivity (Wildman–Crippen MR) is 88.0 cm³/mol. The Labute approximate surface area is 135 Å². The minimum Gasteiger partial charge on any atom is -0.485 e. The Kier molecular flexibility index (Phi) is 4.75. The molecule has 0 unspecified atom stereocenters. The predicted octanol–water partition coefficient (Wildman–Crippen LogP) is 4.21. The second kappa shape index (κ2) is 6.18. The summed E-state index contributed by atoms with van der Waals surface area (Å²) in [6.45, 7) is 7.25. The summed E-state index contributed by atoms with van der Waals surface area (Å²) in [4.78, 5) is 0. The summed E-state index contributed by atoms with van der Waals surface area (Å²) >= 11 is 6.99. The molecule has 1 heterocycles. The molecule has 0 saturated heterocycles. The summed E-state index contributed by atoms with van der Waals surface area (Å²) in [6, 6.07) is 3.84. The standard InChI is InChI=1S/C14H17Br2N3O/c1-4-19-12(13(16)9(3)18-19)7-20-14-8(2)5-10(15)6-11(14)17/h5-6H,4,7,17H2,1-3H3. The molecule has 0 radical (unpaired) electrons. The maximum Gasteiger partial charge on any atom is 0.145 e. The van der Waals surface area contributed by atoms with Crippen LogP contribution in [-0.4, -0.2) is 9.78 Å². The van der Waals surface area contributed by atoms with Crippen LogP contribution in [-0.2, 0) is 13.2 Å². The van der Waals surface area contributed by atoms with Crippen molar-refractivity contribution in [2.24, 2.45) is 0 Å². The third-order valence-electron chi connectivity index (χ3n) is 3.07. The topological polar surface area (TPSA) is 53.1 Å². The molecule has 0 atom stereocenters. The van der Waals surface area contributed by atoms with Crippen molar-refractivity contribution in [3.05, 3.63) is 38.0 Å². The number of benzene rings is 1. The minimum absolute atomic E-state index is 0.432. The summed E-state index contributed by atoms with van der Waals surface area (Å²) in [5, 5.41) is 4.45. The SMILES string of the molecule is CCn1nc(C)c(Br)c1COc1c(C)cc(Br)cc1N. The molecule has 0 bridgehead atoms. The molecule has 2 aromatic rings. The number of nitrogens with two attached hydrogens (primary N) is 1. The zero-order valence-corrected chi connectivity index (χ0v) is 14.9. The number of rotatable bonds is 4. The number of ether oxygens (including phenoxy) is 1. The van der Waals surface area contributed by atoms with Crippen molar-refractivity contribution in [2.45, 2.75) is 33.9 Å². The zero-order valence-electron chi connectivity index (χ0n) is 11.7. The van der Waals surface area contributed by atoms with Gasteiger partial charge in [-0.15, -0.1) is 0 Å². The van der Waals surface area contributed by atoms with E-state index in [0.717, 1.165) is 38.2 Å². The van der Waals surface area contributed by atoms with Crippen LogP contribution in [0.1, 0.15) is 23.9 Å². The van der Waals surface area contributed by atoms with E-state index >= 15 is 0 Å². The fourth-order valence-electron chi connectivity index (χ4n) is 2.10. The van der Waals surface area contributed by atoms with Gasteiger partial charge in [0.05, 0.1) is 21.5 Å². The first-order valence-electron chi connectivity index (χ1n) is 6.34. The molecule has 0 aliphatic rings. The molecule has 2 N–H and O–H groups in total. The van der Waals surface area contributed by atoms with Crippen LogP contribution < -0.4 is 10.5 Å². The molecule has 0 amide bonds. The molecular formula is C14H17Br2N3O. The molecule has 1 aromatic carbocycles. The lowest BCUT2D eigenvalue weighted by Gasteiger charge is -2.13. The average molecular weight is 403 g/mol. The second-order valence-electron chi connectivity index (χ2n) is 4.59. The van der Waals surface area contributed by atoms with Gasteiger partial charge in [0.2, 0.25) is 0 Å². The lowest BCUT2D eigenvalue weighted by molar-refractivity contribution is 0.291. The molecule has 4 nitrogen and oxygen atoms in total. The van der Waals surface area contributed by atoms with Crippen molar-refractivity contribution in [1.29, 1.82) is 0 Å². The minimum atomic E-state index is 0.432. The summed E-state index contributed by atoms with van der Waals surface area (Å²) in [5.41, 5.74) is 9.63. The van der Waals surface area contributed by atoms with Gasteiger partial charge in [0.15, 0.2) is 0 Å². The van der Waals surface area contributed by atoms with Crippen molar-refractivity contribution in [2.75, 3.05) is 5.73 Å². The Balaban J connectivity index is 2.26. The van der Waals surface area contributed by atoms with E-state index in [4.69, 9.17) is 10.5 Å².